The Hall–Kier alpha value is -3.08. The van der Waals surface area contributed by atoms with Crippen LogP contribution in [0.1, 0.15) is 42.0 Å². The molecular formula is C14H8AgN2O8-2. The van der Waals surface area contributed by atoms with E-state index in [2.05, 4.69) is 22.1 Å². The van der Waals surface area contributed by atoms with Gasteiger partial charge < -0.3 is 30.0 Å². The number of aromatic carboxylic acids is 4. The van der Waals surface area contributed by atoms with Crippen LogP contribution in [-0.4, -0.2) is 54.3 Å². The standard InChI is InChI=1S/2C7H4NO4.Ag/c2*9-6(10)4-2-1-3-5(8-4)7(11)12;/h2*1-2H,(H,9,10)(H,11,12);/q2*-1;. The van der Waals surface area contributed by atoms with Crippen molar-refractivity contribution in [1.29, 1.82) is 0 Å². The zero-order chi connectivity index (χ0) is 18.3. The summed E-state index contributed by atoms with van der Waals surface area (Å²) in [5.74, 6) is -5.10. The Kier molecular flexibility index (Phi) is 8.70. The van der Waals surface area contributed by atoms with Gasteiger partial charge in [-0.2, -0.15) is 12.1 Å². The van der Waals surface area contributed by atoms with Crippen LogP contribution < -0.4 is 0 Å². The third-order valence-corrected chi connectivity index (χ3v) is 2.23. The third-order valence-electron chi connectivity index (χ3n) is 2.23. The van der Waals surface area contributed by atoms with Crippen LogP contribution >= 0.6 is 0 Å². The van der Waals surface area contributed by atoms with E-state index < -0.39 is 35.3 Å². The molecule has 0 saturated heterocycles. The number of carboxylic acid groups (broad SMARTS) is 4. The molecule has 0 spiro atoms. The number of hydrogen-bond acceptors (Lipinski definition) is 6. The third kappa shape index (κ3) is 6.91. The summed E-state index contributed by atoms with van der Waals surface area (Å²) in [4.78, 5) is 47.8. The Morgan fingerprint density at radius 3 is 1.24 bits per heavy atom. The molecule has 0 atom stereocenters. The number of nitrogens with zero attached hydrogens (tertiary/aromatic N) is 2. The molecule has 2 rings (SSSR count). The molecule has 0 aliphatic carbocycles. The molecule has 25 heavy (non-hydrogen) atoms. The summed E-state index contributed by atoms with van der Waals surface area (Å²) in [5.41, 5.74) is -1.39. The monoisotopic (exact) mass is 439 g/mol. The Morgan fingerprint density at radius 1 is 0.680 bits per heavy atom. The molecule has 0 saturated carbocycles. The first-order valence-electron chi connectivity index (χ1n) is 5.93. The van der Waals surface area contributed by atoms with Crippen molar-refractivity contribution in [3.63, 3.8) is 0 Å². The van der Waals surface area contributed by atoms with Crippen LogP contribution in [0.4, 0.5) is 0 Å². The summed E-state index contributed by atoms with van der Waals surface area (Å²) >= 11 is 0. The van der Waals surface area contributed by atoms with Gasteiger partial charge in [0.15, 0.2) is 0 Å². The van der Waals surface area contributed by atoms with Crippen molar-refractivity contribution in [2.24, 2.45) is 0 Å². The van der Waals surface area contributed by atoms with Crippen LogP contribution in [0.2, 0.25) is 0 Å². The van der Waals surface area contributed by atoms with Crippen LogP contribution in [0.3, 0.4) is 0 Å². The normalized spacial score (nSPS) is 8.96. The van der Waals surface area contributed by atoms with E-state index in [0.29, 0.717) is 0 Å². The van der Waals surface area contributed by atoms with Gasteiger partial charge in [0.25, 0.3) is 0 Å². The predicted molar refractivity (Wildman–Crippen MR) is 74.0 cm³/mol. The molecule has 0 bridgehead atoms. The zero-order valence-corrected chi connectivity index (χ0v) is 13.4. The van der Waals surface area contributed by atoms with Gasteiger partial charge in [0.05, 0.1) is 11.4 Å². The Labute approximate surface area is 155 Å². The molecule has 0 fully saturated rings. The second kappa shape index (κ2) is 9.93. The average molecular weight is 440 g/mol. The minimum Gasteiger partial charge on any atom is -0.533 e. The van der Waals surface area contributed by atoms with Crippen molar-refractivity contribution in [2.45, 2.75) is 0 Å². The Morgan fingerprint density at radius 2 is 1.00 bits per heavy atom. The molecule has 4 N–H and O–H groups in total. The summed E-state index contributed by atoms with van der Waals surface area (Å²) in [5, 5.41) is 33.7. The van der Waals surface area contributed by atoms with Crippen molar-refractivity contribution >= 4 is 23.9 Å². The first kappa shape index (κ1) is 21.9. The van der Waals surface area contributed by atoms with E-state index in [4.69, 9.17) is 20.4 Å². The maximum absolute atomic E-state index is 10.3. The zero-order valence-electron chi connectivity index (χ0n) is 11.9. The van der Waals surface area contributed by atoms with E-state index in [1.807, 2.05) is 0 Å². The number of pyridine rings is 2. The topological polar surface area (TPSA) is 175 Å². The van der Waals surface area contributed by atoms with Crippen molar-refractivity contribution in [1.82, 2.24) is 9.97 Å². The SMILES string of the molecule is O=C(O)c1[c-]ccc(C(=O)O)n1.O=C(O)c1[c-]ccc(C(=O)O)n1.[Ag]. The van der Waals surface area contributed by atoms with Crippen molar-refractivity contribution in [3.05, 3.63) is 59.2 Å². The number of aromatic nitrogens is 2. The first-order valence-corrected chi connectivity index (χ1v) is 5.93. The number of hydrogen-bond donors (Lipinski definition) is 4. The van der Waals surface area contributed by atoms with Gasteiger partial charge in [-0.1, -0.05) is 0 Å². The van der Waals surface area contributed by atoms with Crippen molar-refractivity contribution in [3.8, 4) is 0 Å². The predicted octanol–water partition coefficient (Wildman–Crippen LogP) is 0.554. The molecule has 2 aromatic heterocycles. The molecule has 135 valence electrons. The molecule has 0 aromatic carbocycles. The second-order valence-corrected chi connectivity index (χ2v) is 3.87. The quantitative estimate of drug-likeness (QED) is 0.388. The smallest absolute Gasteiger partial charge is 0.341 e. The van der Waals surface area contributed by atoms with Crippen LogP contribution in [-0.2, 0) is 22.4 Å². The summed E-state index contributed by atoms with van der Waals surface area (Å²) in [6.07, 6.45) is 0. The van der Waals surface area contributed by atoms with Gasteiger partial charge in [-0.3, -0.25) is 9.97 Å². The second-order valence-electron chi connectivity index (χ2n) is 3.87. The van der Waals surface area contributed by atoms with E-state index in [9.17, 15) is 19.2 Å². The molecule has 0 aliphatic rings. The first-order chi connectivity index (χ1) is 11.2. The van der Waals surface area contributed by atoms with Gasteiger partial charge in [0, 0.05) is 33.8 Å². The fraction of sp³-hybridized carbons (Fsp3) is 0. The molecular weight excluding hydrogens is 432 g/mol. The molecule has 10 nitrogen and oxygen atoms in total. The van der Waals surface area contributed by atoms with Crippen LogP contribution in [0.15, 0.2) is 24.3 Å². The maximum Gasteiger partial charge on any atom is 0.341 e. The summed E-state index contributed by atoms with van der Waals surface area (Å²) in [6, 6.07) is 9.35. The van der Waals surface area contributed by atoms with Gasteiger partial charge in [0.2, 0.25) is 11.9 Å². The van der Waals surface area contributed by atoms with Gasteiger partial charge in [0.1, 0.15) is 0 Å². The van der Waals surface area contributed by atoms with Crippen LogP contribution in [0.5, 0.6) is 0 Å². The average Bonchev–Trinajstić information content (AvgIpc) is 2.55. The largest absolute Gasteiger partial charge is 0.533 e. The molecule has 0 aliphatic heterocycles. The van der Waals surface area contributed by atoms with E-state index >= 15 is 0 Å². The summed E-state index contributed by atoms with van der Waals surface area (Å²) in [6.45, 7) is 0. The molecule has 2 heterocycles. The molecule has 0 unspecified atom stereocenters. The van der Waals surface area contributed by atoms with Crippen LogP contribution in [0.25, 0.3) is 0 Å². The minimum absolute atomic E-state index is 0. The maximum atomic E-state index is 10.3. The van der Waals surface area contributed by atoms with Gasteiger partial charge in [-0.15, -0.1) is 24.3 Å². The van der Waals surface area contributed by atoms with E-state index in [-0.39, 0.29) is 33.8 Å². The van der Waals surface area contributed by atoms with Gasteiger partial charge >= 0.3 is 11.9 Å². The minimum atomic E-state index is -1.29. The van der Waals surface area contributed by atoms with Crippen molar-refractivity contribution in [2.75, 3.05) is 0 Å². The molecule has 0 amide bonds. The summed E-state index contributed by atoms with van der Waals surface area (Å²) in [7, 11) is 0. The molecule has 11 heteroatoms. The summed E-state index contributed by atoms with van der Waals surface area (Å²) < 4.78 is 0. The van der Waals surface area contributed by atoms with E-state index in [0.717, 1.165) is 0 Å². The molecule has 2 aromatic rings. The fourth-order valence-corrected chi connectivity index (χ4v) is 1.24. The van der Waals surface area contributed by atoms with Gasteiger partial charge in [-0.05, 0) is 0 Å². The molecule has 1 radical (unpaired) electrons. The number of carbonyl (C=O) groups is 4. The van der Waals surface area contributed by atoms with E-state index in [1.54, 1.807) is 0 Å². The Balaban J connectivity index is 0.000000443. The van der Waals surface area contributed by atoms with Crippen LogP contribution in [0, 0.1) is 12.1 Å². The van der Waals surface area contributed by atoms with Crippen molar-refractivity contribution < 1.29 is 62.0 Å². The van der Waals surface area contributed by atoms with Gasteiger partial charge in [-0.25, -0.2) is 9.59 Å². The van der Waals surface area contributed by atoms with E-state index in [1.165, 1.54) is 24.3 Å². The fourth-order valence-electron chi connectivity index (χ4n) is 1.24. The number of carboxylic acids is 4. The number of rotatable bonds is 4. The Bertz CT molecular complexity index is 683.